The van der Waals surface area contributed by atoms with Crippen LogP contribution < -0.4 is 10.3 Å². The lowest BCUT2D eigenvalue weighted by Gasteiger charge is -2.34. The first kappa shape index (κ1) is 19.6. The molecule has 0 N–H and O–H groups in total. The summed E-state index contributed by atoms with van der Waals surface area (Å²) in [4.78, 5) is 39.3. The van der Waals surface area contributed by atoms with Crippen molar-refractivity contribution in [2.45, 2.75) is 19.9 Å². The van der Waals surface area contributed by atoms with E-state index in [4.69, 9.17) is 4.74 Å². The molecule has 0 radical (unpaired) electrons. The minimum Gasteiger partial charge on any atom is -0.494 e. The number of carbonyl (C=O) groups excluding carboxylic acids is 2. The van der Waals surface area contributed by atoms with Crippen molar-refractivity contribution in [3.05, 3.63) is 46.8 Å². The molecule has 1 saturated heterocycles. The van der Waals surface area contributed by atoms with Crippen molar-refractivity contribution in [3.8, 4) is 17.0 Å². The fraction of sp³-hybridized carbons (Fsp3) is 0.400. The van der Waals surface area contributed by atoms with Gasteiger partial charge in [-0.05, 0) is 44.2 Å². The van der Waals surface area contributed by atoms with Crippen molar-refractivity contribution in [2.24, 2.45) is 0 Å². The molecule has 1 aromatic heterocycles. The maximum atomic E-state index is 12.8. The summed E-state index contributed by atoms with van der Waals surface area (Å²) in [6.45, 7) is 6.08. The van der Waals surface area contributed by atoms with E-state index >= 15 is 0 Å². The summed E-state index contributed by atoms with van der Waals surface area (Å²) in [6.07, 6.45) is 0.789. The highest BCUT2D eigenvalue weighted by Gasteiger charge is 2.26. The molecule has 2 heterocycles. The Hall–Kier alpha value is -3.16. The molecule has 1 atom stereocenters. The zero-order chi connectivity index (χ0) is 20.1. The molecule has 1 aromatic carbocycles. The van der Waals surface area contributed by atoms with Crippen LogP contribution in [0.1, 0.15) is 19.9 Å². The van der Waals surface area contributed by atoms with Gasteiger partial charge in [0.25, 0.3) is 5.56 Å². The molecular weight excluding hydrogens is 360 g/mol. The van der Waals surface area contributed by atoms with Gasteiger partial charge in [0.1, 0.15) is 11.8 Å². The molecule has 0 aliphatic carbocycles. The van der Waals surface area contributed by atoms with Crippen LogP contribution in [0.5, 0.6) is 5.75 Å². The molecule has 1 aliphatic heterocycles. The zero-order valence-electron chi connectivity index (χ0n) is 16.1. The van der Waals surface area contributed by atoms with Crippen LogP contribution in [0, 0.1) is 0 Å². The average molecular weight is 384 g/mol. The Balaban J connectivity index is 1.79. The molecule has 1 aliphatic rings. The molecule has 148 valence electrons. The maximum absolute atomic E-state index is 12.8. The lowest BCUT2D eigenvalue weighted by atomic mass is 10.1. The number of carbonyl (C=O) groups is 2. The van der Waals surface area contributed by atoms with Crippen LogP contribution in [0.25, 0.3) is 11.3 Å². The standard InChI is InChI=1S/C20H24N4O4/c1-3-28-17-6-4-16(5-7-17)18-8-9-19(26)24(21-18)15(2)20(27)23-12-10-22(14-25)11-13-23/h4-9,14-15H,3,10-13H2,1-2H3. The number of aromatic nitrogens is 2. The Morgan fingerprint density at radius 3 is 2.43 bits per heavy atom. The number of rotatable bonds is 6. The van der Waals surface area contributed by atoms with Crippen LogP contribution in [0.3, 0.4) is 0 Å². The summed E-state index contributed by atoms with van der Waals surface area (Å²) in [6, 6.07) is 9.77. The van der Waals surface area contributed by atoms with E-state index in [0.29, 0.717) is 38.5 Å². The van der Waals surface area contributed by atoms with E-state index in [-0.39, 0.29) is 11.5 Å². The van der Waals surface area contributed by atoms with Gasteiger partial charge in [0, 0.05) is 37.8 Å². The van der Waals surface area contributed by atoms with Gasteiger partial charge < -0.3 is 14.5 Å². The number of nitrogens with zero attached hydrogens (tertiary/aromatic N) is 4. The Morgan fingerprint density at radius 2 is 1.82 bits per heavy atom. The number of hydrogen-bond acceptors (Lipinski definition) is 5. The van der Waals surface area contributed by atoms with E-state index in [1.54, 1.807) is 22.8 Å². The summed E-state index contributed by atoms with van der Waals surface area (Å²) in [5.74, 6) is 0.585. The summed E-state index contributed by atoms with van der Waals surface area (Å²) in [5, 5.41) is 4.41. The number of ether oxygens (including phenoxy) is 1. The molecule has 8 nitrogen and oxygen atoms in total. The highest BCUT2D eigenvalue weighted by atomic mass is 16.5. The predicted octanol–water partition coefficient (Wildman–Crippen LogP) is 1.17. The molecular formula is C20H24N4O4. The highest BCUT2D eigenvalue weighted by molar-refractivity contribution is 5.80. The second kappa shape index (κ2) is 8.69. The number of hydrogen-bond donors (Lipinski definition) is 0. The van der Waals surface area contributed by atoms with E-state index in [1.165, 1.54) is 10.7 Å². The summed E-state index contributed by atoms with van der Waals surface area (Å²) >= 11 is 0. The van der Waals surface area contributed by atoms with Gasteiger partial charge in [0.2, 0.25) is 12.3 Å². The molecule has 2 amide bonds. The van der Waals surface area contributed by atoms with E-state index in [0.717, 1.165) is 17.7 Å². The van der Waals surface area contributed by atoms with E-state index in [2.05, 4.69) is 5.10 Å². The zero-order valence-corrected chi connectivity index (χ0v) is 16.1. The second-order valence-corrected chi connectivity index (χ2v) is 6.60. The fourth-order valence-electron chi connectivity index (χ4n) is 3.16. The monoisotopic (exact) mass is 384 g/mol. The van der Waals surface area contributed by atoms with Crippen molar-refractivity contribution < 1.29 is 14.3 Å². The van der Waals surface area contributed by atoms with Gasteiger partial charge in [-0.3, -0.25) is 14.4 Å². The topological polar surface area (TPSA) is 84.7 Å². The van der Waals surface area contributed by atoms with Gasteiger partial charge in [0.05, 0.1) is 12.3 Å². The van der Waals surface area contributed by atoms with Crippen LogP contribution in [-0.4, -0.2) is 64.7 Å². The summed E-state index contributed by atoms with van der Waals surface area (Å²) in [5.41, 5.74) is 1.10. The molecule has 3 rings (SSSR count). The van der Waals surface area contributed by atoms with Gasteiger partial charge in [-0.25, -0.2) is 4.68 Å². The normalized spacial score (nSPS) is 15.2. The number of amides is 2. The second-order valence-electron chi connectivity index (χ2n) is 6.60. The molecule has 0 saturated carbocycles. The van der Waals surface area contributed by atoms with Gasteiger partial charge in [-0.2, -0.15) is 5.10 Å². The Morgan fingerprint density at radius 1 is 1.14 bits per heavy atom. The number of piperazine rings is 1. The fourth-order valence-corrected chi connectivity index (χ4v) is 3.16. The average Bonchev–Trinajstić information content (AvgIpc) is 2.74. The smallest absolute Gasteiger partial charge is 0.267 e. The quantitative estimate of drug-likeness (QED) is 0.698. The van der Waals surface area contributed by atoms with Crippen molar-refractivity contribution in [3.63, 3.8) is 0 Å². The van der Waals surface area contributed by atoms with Crippen LogP contribution in [0.4, 0.5) is 0 Å². The van der Waals surface area contributed by atoms with E-state index in [9.17, 15) is 14.4 Å². The first-order chi connectivity index (χ1) is 13.5. The molecule has 0 spiro atoms. The van der Waals surface area contributed by atoms with Gasteiger partial charge in [-0.15, -0.1) is 0 Å². The SMILES string of the molecule is CCOc1ccc(-c2ccc(=O)n(C(C)C(=O)N3CCN(C=O)CC3)n2)cc1. The molecule has 8 heteroatoms. The van der Waals surface area contributed by atoms with Crippen molar-refractivity contribution in [1.82, 2.24) is 19.6 Å². The Kier molecular flexibility index (Phi) is 6.08. The summed E-state index contributed by atoms with van der Waals surface area (Å²) in [7, 11) is 0. The number of benzene rings is 1. The van der Waals surface area contributed by atoms with Crippen LogP contribution in [0.15, 0.2) is 41.2 Å². The Bertz CT molecular complexity index is 886. The van der Waals surface area contributed by atoms with Gasteiger partial charge in [0.15, 0.2) is 0 Å². The maximum Gasteiger partial charge on any atom is 0.267 e. The summed E-state index contributed by atoms with van der Waals surface area (Å²) < 4.78 is 6.66. The Labute approximate surface area is 163 Å². The van der Waals surface area contributed by atoms with Crippen molar-refractivity contribution in [1.29, 1.82) is 0 Å². The lowest BCUT2D eigenvalue weighted by molar-refractivity contribution is -0.138. The lowest BCUT2D eigenvalue weighted by Crippen LogP contribution is -2.50. The molecule has 28 heavy (non-hydrogen) atoms. The van der Waals surface area contributed by atoms with Crippen LogP contribution in [-0.2, 0) is 9.59 Å². The highest BCUT2D eigenvalue weighted by Crippen LogP contribution is 2.20. The first-order valence-electron chi connectivity index (χ1n) is 9.34. The first-order valence-corrected chi connectivity index (χ1v) is 9.34. The van der Waals surface area contributed by atoms with Crippen LogP contribution >= 0.6 is 0 Å². The molecule has 0 bridgehead atoms. The third kappa shape index (κ3) is 4.21. The molecule has 2 aromatic rings. The molecule has 1 unspecified atom stereocenters. The van der Waals surface area contributed by atoms with Gasteiger partial charge in [-0.1, -0.05) is 0 Å². The third-order valence-electron chi connectivity index (χ3n) is 4.79. The largest absolute Gasteiger partial charge is 0.494 e. The van der Waals surface area contributed by atoms with Crippen molar-refractivity contribution >= 4 is 12.3 Å². The predicted molar refractivity (Wildman–Crippen MR) is 104 cm³/mol. The minimum atomic E-state index is -0.724. The molecule has 1 fully saturated rings. The minimum absolute atomic E-state index is 0.177. The van der Waals surface area contributed by atoms with Crippen LogP contribution in [0.2, 0.25) is 0 Å². The van der Waals surface area contributed by atoms with Crippen molar-refractivity contribution in [2.75, 3.05) is 32.8 Å². The third-order valence-corrected chi connectivity index (χ3v) is 4.79. The van der Waals surface area contributed by atoms with E-state index in [1.807, 2.05) is 31.2 Å². The van der Waals surface area contributed by atoms with E-state index < -0.39 is 6.04 Å². The van der Waals surface area contributed by atoms with Gasteiger partial charge >= 0.3 is 0 Å².